The lowest BCUT2D eigenvalue weighted by atomic mass is 10.2. The maximum Gasteiger partial charge on any atom is 0.231 e. The van der Waals surface area contributed by atoms with Gasteiger partial charge in [-0.05, 0) is 42.8 Å². The molecule has 0 aliphatic heterocycles. The smallest absolute Gasteiger partial charge is 0.231 e. The van der Waals surface area contributed by atoms with Gasteiger partial charge in [0.2, 0.25) is 5.89 Å². The van der Waals surface area contributed by atoms with Gasteiger partial charge in [-0.1, -0.05) is 35.9 Å². The number of nitrogens with zero attached hydrogens (tertiary/aromatic N) is 2. The van der Waals surface area contributed by atoms with Crippen LogP contribution in [-0.2, 0) is 0 Å². The number of benzene rings is 3. The van der Waals surface area contributed by atoms with Crippen LogP contribution in [0.5, 0.6) is 5.75 Å². The Morgan fingerprint density at radius 3 is 2.73 bits per heavy atom. The second-order valence-electron chi connectivity index (χ2n) is 5.97. The molecule has 0 radical (unpaired) electrons. The van der Waals surface area contributed by atoms with Crippen LogP contribution in [0.3, 0.4) is 0 Å². The number of hydrogen-bond acceptors (Lipinski definition) is 4. The molecule has 0 aliphatic rings. The summed E-state index contributed by atoms with van der Waals surface area (Å²) in [5.74, 6) is 0.437. The van der Waals surface area contributed by atoms with Gasteiger partial charge in [-0.2, -0.15) is 0 Å². The zero-order valence-corrected chi connectivity index (χ0v) is 14.7. The number of aromatic nitrogens is 1. The van der Waals surface area contributed by atoms with Crippen molar-refractivity contribution in [2.24, 2.45) is 4.99 Å². The third kappa shape index (κ3) is 3.19. The highest BCUT2D eigenvalue weighted by Crippen LogP contribution is 2.34. The Bertz CT molecular complexity index is 1130. The number of halogens is 1. The number of aromatic hydroxyl groups is 1. The molecule has 0 saturated heterocycles. The van der Waals surface area contributed by atoms with Gasteiger partial charge in [0.25, 0.3) is 0 Å². The van der Waals surface area contributed by atoms with E-state index in [1.165, 1.54) is 0 Å². The lowest BCUT2D eigenvalue weighted by molar-refractivity contribution is 0.474. The number of fused-ring (bicyclic) bond motifs is 1. The SMILES string of the molecule is Cc1ccc2oc(-c3ccc(N=Cc4ccccc4Cl)cc3O)nc2c1. The van der Waals surface area contributed by atoms with E-state index in [1.807, 2.05) is 43.3 Å². The Labute approximate surface area is 155 Å². The summed E-state index contributed by atoms with van der Waals surface area (Å²) in [4.78, 5) is 8.82. The van der Waals surface area contributed by atoms with Crippen molar-refractivity contribution in [1.29, 1.82) is 0 Å². The van der Waals surface area contributed by atoms with E-state index in [1.54, 1.807) is 30.5 Å². The van der Waals surface area contributed by atoms with E-state index in [0.29, 0.717) is 27.7 Å². The predicted molar refractivity (Wildman–Crippen MR) is 105 cm³/mol. The molecular weight excluding hydrogens is 348 g/mol. The van der Waals surface area contributed by atoms with E-state index in [0.717, 1.165) is 16.6 Å². The number of phenolic OH excluding ortho intramolecular Hbond substituents is 1. The molecule has 0 bridgehead atoms. The molecule has 4 aromatic rings. The zero-order chi connectivity index (χ0) is 18.1. The summed E-state index contributed by atoms with van der Waals surface area (Å²) in [6.07, 6.45) is 1.67. The van der Waals surface area contributed by atoms with Crippen molar-refractivity contribution in [2.75, 3.05) is 0 Å². The molecule has 3 aromatic carbocycles. The lowest BCUT2D eigenvalue weighted by Crippen LogP contribution is -1.82. The van der Waals surface area contributed by atoms with E-state index >= 15 is 0 Å². The molecule has 0 unspecified atom stereocenters. The first-order chi connectivity index (χ1) is 12.6. The third-order valence-corrected chi connectivity index (χ3v) is 4.36. The summed E-state index contributed by atoms with van der Waals surface area (Å²) in [7, 11) is 0. The minimum Gasteiger partial charge on any atom is -0.507 e. The average Bonchev–Trinajstić information content (AvgIpc) is 3.04. The highest BCUT2D eigenvalue weighted by molar-refractivity contribution is 6.33. The molecule has 1 aromatic heterocycles. The predicted octanol–water partition coefficient (Wildman–Crippen LogP) is 5.91. The van der Waals surface area contributed by atoms with Gasteiger partial charge >= 0.3 is 0 Å². The molecule has 0 amide bonds. The van der Waals surface area contributed by atoms with Crippen LogP contribution in [0.1, 0.15) is 11.1 Å². The Morgan fingerprint density at radius 1 is 1.08 bits per heavy atom. The molecule has 0 saturated carbocycles. The number of aliphatic imine (C=N–C) groups is 1. The first-order valence-electron chi connectivity index (χ1n) is 8.09. The number of aryl methyl sites for hydroxylation is 1. The van der Waals surface area contributed by atoms with E-state index in [4.69, 9.17) is 16.0 Å². The summed E-state index contributed by atoms with van der Waals surface area (Å²) >= 11 is 6.12. The van der Waals surface area contributed by atoms with Gasteiger partial charge in [0, 0.05) is 22.9 Å². The van der Waals surface area contributed by atoms with Crippen LogP contribution in [0.2, 0.25) is 5.02 Å². The molecule has 0 fully saturated rings. The third-order valence-electron chi connectivity index (χ3n) is 4.01. The number of hydrogen-bond donors (Lipinski definition) is 1. The molecule has 0 aliphatic carbocycles. The van der Waals surface area contributed by atoms with E-state index in [2.05, 4.69) is 9.98 Å². The Morgan fingerprint density at radius 2 is 1.92 bits per heavy atom. The van der Waals surface area contributed by atoms with Gasteiger partial charge in [-0.3, -0.25) is 4.99 Å². The Balaban J connectivity index is 1.66. The Kier molecular flexibility index (Phi) is 4.19. The zero-order valence-electron chi connectivity index (χ0n) is 14.0. The van der Waals surface area contributed by atoms with Crippen LogP contribution in [-0.4, -0.2) is 16.3 Å². The normalized spacial score (nSPS) is 11.5. The monoisotopic (exact) mass is 362 g/mol. The molecule has 5 heteroatoms. The number of rotatable bonds is 3. The van der Waals surface area contributed by atoms with Crippen LogP contribution in [0.25, 0.3) is 22.6 Å². The lowest BCUT2D eigenvalue weighted by Gasteiger charge is -2.02. The average molecular weight is 363 g/mol. The van der Waals surface area contributed by atoms with Gasteiger partial charge in [0.15, 0.2) is 5.58 Å². The molecule has 0 spiro atoms. The van der Waals surface area contributed by atoms with Crippen molar-refractivity contribution in [3.63, 3.8) is 0 Å². The summed E-state index contributed by atoms with van der Waals surface area (Å²) in [5, 5.41) is 11.0. The van der Waals surface area contributed by atoms with Gasteiger partial charge in [-0.25, -0.2) is 4.98 Å². The molecule has 26 heavy (non-hydrogen) atoms. The van der Waals surface area contributed by atoms with Crippen LogP contribution >= 0.6 is 11.6 Å². The van der Waals surface area contributed by atoms with Gasteiger partial charge < -0.3 is 9.52 Å². The van der Waals surface area contributed by atoms with Crippen molar-refractivity contribution in [2.45, 2.75) is 6.92 Å². The van der Waals surface area contributed by atoms with Gasteiger partial charge in [-0.15, -0.1) is 0 Å². The summed E-state index contributed by atoms with van der Waals surface area (Å²) in [6, 6.07) is 18.3. The Hall–Kier alpha value is -3.11. The van der Waals surface area contributed by atoms with Crippen LogP contribution in [0, 0.1) is 6.92 Å². The van der Waals surface area contributed by atoms with Gasteiger partial charge in [0.1, 0.15) is 11.3 Å². The van der Waals surface area contributed by atoms with Gasteiger partial charge in [0.05, 0.1) is 11.3 Å². The van der Waals surface area contributed by atoms with Crippen molar-refractivity contribution >= 4 is 34.6 Å². The summed E-state index contributed by atoms with van der Waals surface area (Å²) in [6.45, 7) is 2.00. The molecule has 4 rings (SSSR count). The maximum atomic E-state index is 10.4. The second-order valence-corrected chi connectivity index (χ2v) is 6.38. The fourth-order valence-corrected chi connectivity index (χ4v) is 2.84. The largest absolute Gasteiger partial charge is 0.507 e. The summed E-state index contributed by atoms with van der Waals surface area (Å²) < 4.78 is 5.75. The first kappa shape index (κ1) is 16.4. The van der Waals surface area contributed by atoms with Crippen LogP contribution in [0.15, 0.2) is 70.1 Å². The van der Waals surface area contributed by atoms with Crippen molar-refractivity contribution in [1.82, 2.24) is 4.98 Å². The number of phenols is 1. The standard InChI is InChI=1S/C21H15ClN2O2/c1-13-6-9-20-18(10-13)24-21(26-20)16-8-7-15(11-19(16)25)23-12-14-4-2-3-5-17(14)22/h2-12,25H,1H3. The minimum absolute atomic E-state index is 0.0575. The van der Waals surface area contributed by atoms with Crippen LogP contribution in [0.4, 0.5) is 5.69 Å². The second kappa shape index (κ2) is 6.65. The quantitative estimate of drug-likeness (QED) is 0.460. The molecule has 1 heterocycles. The van der Waals surface area contributed by atoms with Crippen molar-refractivity contribution < 1.29 is 9.52 Å². The van der Waals surface area contributed by atoms with E-state index in [-0.39, 0.29) is 5.75 Å². The highest BCUT2D eigenvalue weighted by Gasteiger charge is 2.12. The van der Waals surface area contributed by atoms with E-state index in [9.17, 15) is 5.11 Å². The van der Waals surface area contributed by atoms with Crippen molar-refractivity contribution in [3.8, 4) is 17.2 Å². The molecule has 128 valence electrons. The molecule has 1 N–H and O–H groups in total. The maximum absolute atomic E-state index is 10.4. The topological polar surface area (TPSA) is 58.6 Å². The minimum atomic E-state index is 0.0575. The number of oxazole rings is 1. The first-order valence-corrected chi connectivity index (χ1v) is 8.47. The molecular formula is C21H15ClN2O2. The van der Waals surface area contributed by atoms with Crippen LogP contribution < -0.4 is 0 Å². The summed E-state index contributed by atoms with van der Waals surface area (Å²) in [5.41, 5.74) is 4.50. The van der Waals surface area contributed by atoms with E-state index < -0.39 is 0 Å². The fourth-order valence-electron chi connectivity index (χ4n) is 2.66. The van der Waals surface area contributed by atoms with Crippen molar-refractivity contribution in [3.05, 3.63) is 76.8 Å². The molecule has 4 nitrogen and oxygen atoms in total. The fraction of sp³-hybridized carbons (Fsp3) is 0.0476. The molecule has 0 atom stereocenters. The highest BCUT2D eigenvalue weighted by atomic mass is 35.5.